The Morgan fingerprint density at radius 2 is 1.96 bits per heavy atom. The second-order valence-corrected chi connectivity index (χ2v) is 12.4. The van der Waals surface area contributed by atoms with E-state index in [-0.39, 0.29) is 28.2 Å². The number of alkyl halides is 2. The monoisotopic (exact) mass is 371 g/mol. The molecule has 0 aromatic carbocycles. The van der Waals surface area contributed by atoms with E-state index in [0.29, 0.717) is 5.70 Å². The number of nitrogen functional groups attached to an aromatic ring is 1. The number of hydrogen-bond acceptors (Lipinski definition) is 6. The maximum absolute atomic E-state index is 13.4. The van der Waals surface area contributed by atoms with E-state index in [0.717, 1.165) is 0 Å². The summed E-state index contributed by atoms with van der Waals surface area (Å²) in [6, 6.07) is 1.24. The molecule has 0 saturated heterocycles. The molecule has 2 rings (SSSR count). The average molecular weight is 372 g/mol. The third kappa shape index (κ3) is 4.10. The van der Waals surface area contributed by atoms with Gasteiger partial charge in [0.25, 0.3) is 6.43 Å². The third-order valence-electron chi connectivity index (χ3n) is 4.71. The predicted molar refractivity (Wildman–Crippen MR) is 98.2 cm³/mol. The van der Waals surface area contributed by atoms with Crippen LogP contribution in [0.25, 0.3) is 0 Å². The highest BCUT2D eigenvalue weighted by Gasteiger charge is 2.40. The SMILES string of the molecule is CC(O[Si](C)(C)C(C)(C)C)C1=CNNN1c1ncc(N)cc1C(F)F. The number of anilines is 2. The van der Waals surface area contributed by atoms with Crippen LogP contribution in [0.1, 0.15) is 39.7 Å². The molecule has 140 valence electrons. The summed E-state index contributed by atoms with van der Waals surface area (Å²) in [7, 11) is -2.02. The Morgan fingerprint density at radius 1 is 1.32 bits per heavy atom. The molecule has 2 heterocycles. The van der Waals surface area contributed by atoms with Crippen LogP contribution < -0.4 is 21.7 Å². The molecule has 25 heavy (non-hydrogen) atoms. The molecule has 0 saturated carbocycles. The molecule has 6 nitrogen and oxygen atoms in total. The van der Waals surface area contributed by atoms with Gasteiger partial charge in [-0.3, -0.25) is 0 Å². The standard InChI is InChI=1S/C16H27F2N5OSi/c1-10(24-25(5,6)16(2,3)4)13-9-21-22-23(13)15-12(14(17)18)7-11(19)8-20-15/h7-10,14,21-22H,19H2,1-6H3. The van der Waals surface area contributed by atoms with Gasteiger partial charge in [0.1, 0.15) is 0 Å². The summed E-state index contributed by atoms with van der Waals surface area (Å²) in [5.41, 5.74) is 11.9. The van der Waals surface area contributed by atoms with Crippen LogP contribution >= 0.6 is 0 Å². The van der Waals surface area contributed by atoms with Crippen molar-refractivity contribution in [2.24, 2.45) is 0 Å². The maximum atomic E-state index is 13.4. The molecule has 0 amide bonds. The van der Waals surface area contributed by atoms with Crippen molar-refractivity contribution in [1.82, 2.24) is 15.9 Å². The van der Waals surface area contributed by atoms with Crippen molar-refractivity contribution < 1.29 is 13.2 Å². The topological polar surface area (TPSA) is 75.4 Å². The van der Waals surface area contributed by atoms with E-state index in [4.69, 9.17) is 10.2 Å². The first-order valence-corrected chi connectivity index (χ1v) is 11.1. The molecule has 1 aliphatic rings. The van der Waals surface area contributed by atoms with Crippen LogP contribution in [0.15, 0.2) is 24.2 Å². The Bertz CT molecular complexity index is 660. The molecule has 1 unspecified atom stereocenters. The zero-order valence-corrected chi connectivity index (χ0v) is 16.5. The first-order valence-electron chi connectivity index (χ1n) is 8.17. The van der Waals surface area contributed by atoms with Crippen molar-refractivity contribution in [3.05, 3.63) is 29.7 Å². The highest BCUT2D eigenvalue weighted by Crippen LogP contribution is 2.39. The molecule has 0 spiro atoms. The molecular weight excluding hydrogens is 344 g/mol. The van der Waals surface area contributed by atoms with Gasteiger partial charge in [0.2, 0.25) is 0 Å². The van der Waals surface area contributed by atoms with Gasteiger partial charge in [0.15, 0.2) is 14.1 Å². The van der Waals surface area contributed by atoms with Gasteiger partial charge in [-0.1, -0.05) is 20.8 Å². The summed E-state index contributed by atoms with van der Waals surface area (Å²) < 4.78 is 33.2. The normalized spacial score (nSPS) is 16.8. The summed E-state index contributed by atoms with van der Waals surface area (Å²) in [5.74, 6) is 0.103. The Morgan fingerprint density at radius 3 is 2.52 bits per heavy atom. The summed E-state index contributed by atoms with van der Waals surface area (Å²) in [5, 5.41) is 1.53. The van der Waals surface area contributed by atoms with Crippen LogP contribution in [0.3, 0.4) is 0 Å². The molecule has 0 aliphatic carbocycles. The van der Waals surface area contributed by atoms with E-state index in [1.54, 1.807) is 6.20 Å². The molecule has 1 aromatic heterocycles. The minimum Gasteiger partial charge on any atom is -0.409 e. The molecule has 0 bridgehead atoms. The third-order valence-corrected chi connectivity index (χ3v) is 9.27. The highest BCUT2D eigenvalue weighted by atomic mass is 28.4. The van der Waals surface area contributed by atoms with Crippen molar-refractivity contribution in [3.8, 4) is 0 Å². The van der Waals surface area contributed by atoms with Crippen LogP contribution in [-0.2, 0) is 4.43 Å². The number of hydrogen-bond donors (Lipinski definition) is 3. The van der Waals surface area contributed by atoms with E-state index in [9.17, 15) is 8.78 Å². The Labute approximate surface area is 148 Å². The van der Waals surface area contributed by atoms with Crippen LogP contribution in [0, 0.1) is 0 Å². The fraction of sp³-hybridized carbons (Fsp3) is 0.562. The fourth-order valence-electron chi connectivity index (χ4n) is 2.29. The minimum atomic E-state index is -2.69. The van der Waals surface area contributed by atoms with Crippen LogP contribution in [0.4, 0.5) is 20.3 Å². The first kappa shape index (κ1) is 19.6. The lowest BCUT2D eigenvalue weighted by Crippen LogP contribution is -2.46. The van der Waals surface area contributed by atoms with Gasteiger partial charge in [-0.25, -0.2) is 18.8 Å². The number of hydrazine groups is 2. The van der Waals surface area contributed by atoms with E-state index in [1.165, 1.54) is 17.3 Å². The van der Waals surface area contributed by atoms with Gasteiger partial charge >= 0.3 is 0 Å². The number of rotatable bonds is 5. The second-order valence-electron chi connectivity index (χ2n) is 7.66. The maximum Gasteiger partial charge on any atom is 0.267 e. The zero-order chi connectivity index (χ0) is 19.0. The van der Waals surface area contributed by atoms with E-state index >= 15 is 0 Å². The lowest BCUT2D eigenvalue weighted by Gasteiger charge is -2.39. The van der Waals surface area contributed by atoms with Gasteiger partial charge in [0.05, 0.1) is 29.2 Å². The lowest BCUT2D eigenvalue weighted by atomic mass is 10.2. The molecular formula is C16H27F2N5OSi. The van der Waals surface area contributed by atoms with Gasteiger partial charge in [0, 0.05) is 6.20 Å². The summed E-state index contributed by atoms with van der Waals surface area (Å²) >= 11 is 0. The molecule has 1 aliphatic heterocycles. The van der Waals surface area contributed by atoms with Crippen LogP contribution in [0.2, 0.25) is 18.1 Å². The second kappa shape index (κ2) is 6.89. The number of aromatic nitrogens is 1. The Balaban J connectivity index is 2.29. The predicted octanol–water partition coefficient (Wildman–Crippen LogP) is 3.68. The number of nitrogens with two attached hydrogens (primary N) is 1. The number of pyridine rings is 1. The number of nitrogens with one attached hydrogen (secondary N) is 2. The first-order chi connectivity index (χ1) is 11.4. The number of nitrogens with zero attached hydrogens (tertiary/aromatic N) is 2. The molecule has 4 N–H and O–H groups in total. The van der Waals surface area contributed by atoms with Crippen LogP contribution in [0.5, 0.6) is 0 Å². The summed E-state index contributed by atoms with van der Waals surface area (Å²) in [6.07, 6.45) is 0.0723. The van der Waals surface area contributed by atoms with Gasteiger partial charge in [-0.15, -0.1) is 5.53 Å². The van der Waals surface area contributed by atoms with Crippen molar-refractivity contribution in [1.29, 1.82) is 0 Å². The number of halogens is 2. The van der Waals surface area contributed by atoms with Crippen molar-refractivity contribution in [2.45, 2.75) is 58.4 Å². The average Bonchev–Trinajstić information content (AvgIpc) is 2.94. The Kier molecular flexibility index (Phi) is 5.40. The van der Waals surface area contributed by atoms with E-state index < -0.39 is 14.7 Å². The van der Waals surface area contributed by atoms with Crippen molar-refractivity contribution >= 4 is 19.8 Å². The lowest BCUT2D eigenvalue weighted by molar-refractivity contribution is 0.151. The molecule has 1 atom stereocenters. The smallest absolute Gasteiger partial charge is 0.267 e. The van der Waals surface area contributed by atoms with Crippen molar-refractivity contribution in [2.75, 3.05) is 10.7 Å². The fourth-order valence-corrected chi connectivity index (χ4v) is 3.65. The Hall–Kier alpha value is -1.71. The molecule has 9 heteroatoms. The molecule has 1 aromatic rings. The van der Waals surface area contributed by atoms with Gasteiger partial charge in [-0.05, 0) is 31.1 Å². The van der Waals surface area contributed by atoms with E-state index in [1.807, 2.05) is 6.92 Å². The zero-order valence-electron chi connectivity index (χ0n) is 15.5. The highest BCUT2D eigenvalue weighted by molar-refractivity contribution is 6.74. The quantitative estimate of drug-likeness (QED) is 0.686. The minimum absolute atomic E-state index is 0.0414. The van der Waals surface area contributed by atoms with Crippen LogP contribution in [-0.4, -0.2) is 19.4 Å². The largest absolute Gasteiger partial charge is 0.409 e. The summed E-state index contributed by atoms with van der Waals surface area (Å²) in [4.78, 5) is 4.09. The van der Waals surface area contributed by atoms with Crippen molar-refractivity contribution in [3.63, 3.8) is 0 Å². The van der Waals surface area contributed by atoms with Gasteiger partial charge < -0.3 is 15.6 Å². The van der Waals surface area contributed by atoms with Gasteiger partial charge in [-0.2, -0.15) is 0 Å². The molecule has 0 fully saturated rings. The summed E-state index contributed by atoms with van der Waals surface area (Å²) in [6.45, 7) is 12.7. The molecule has 0 radical (unpaired) electrons. The van der Waals surface area contributed by atoms with E-state index in [2.05, 4.69) is 49.8 Å².